The number of fused-ring (bicyclic) bond motifs is 2. The third-order valence-corrected chi connectivity index (χ3v) is 5.89. The maximum Gasteiger partial charge on any atom is 0.254 e. The van der Waals surface area contributed by atoms with E-state index in [1.165, 1.54) is 0 Å². The molecule has 0 saturated carbocycles. The van der Waals surface area contributed by atoms with Gasteiger partial charge in [0.25, 0.3) is 5.91 Å². The molecule has 0 bridgehead atoms. The number of hydrogen-bond acceptors (Lipinski definition) is 5. The molecule has 0 unspecified atom stereocenters. The second-order valence-corrected chi connectivity index (χ2v) is 9.10. The minimum Gasteiger partial charge on any atom is -0.389 e. The molecule has 1 aliphatic heterocycles. The molecule has 3 heterocycles. The summed E-state index contributed by atoms with van der Waals surface area (Å²) < 4.78 is 7.06. The van der Waals surface area contributed by atoms with Crippen molar-refractivity contribution in [3.8, 4) is 11.1 Å². The van der Waals surface area contributed by atoms with Crippen molar-refractivity contribution in [2.24, 2.45) is 0 Å². The number of hydrogen-bond donors (Lipinski definition) is 1. The molecule has 4 aromatic rings. The number of nitrogens with zero attached hydrogens (tertiary/aromatic N) is 4. The number of likely N-dealkylation sites (tertiary alicyclic amines) is 1. The third kappa shape index (κ3) is 3.85. The SMILES string of the molecule is COC1CN(C(=O)c2ccc3cncc(-c4ccc5nn(CC(C)(C)O)cc5c4)c3c2)C1. The highest BCUT2D eigenvalue weighted by atomic mass is 16.5. The second-order valence-electron chi connectivity index (χ2n) is 9.10. The van der Waals surface area contributed by atoms with Gasteiger partial charge in [-0.15, -0.1) is 0 Å². The van der Waals surface area contributed by atoms with Crippen LogP contribution in [0.25, 0.3) is 32.8 Å². The highest BCUT2D eigenvalue weighted by Gasteiger charge is 2.31. The Morgan fingerprint density at radius 1 is 1.16 bits per heavy atom. The van der Waals surface area contributed by atoms with Crippen LogP contribution in [-0.2, 0) is 11.3 Å². The van der Waals surface area contributed by atoms with Crippen LogP contribution in [0, 0.1) is 0 Å². The molecular weight excluding hydrogens is 404 g/mol. The van der Waals surface area contributed by atoms with E-state index >= 15 is 0 Å². The smallest absolute Gasteiger partial charge is 0.254 e. The van der Waals surface area contributed by atoms with Gasteiger partial charge in [0.1, 0.15) is 0 Å². The van der Waals surface area contributed by atoms with Crippen LogP contribution < -0.4 is 0 Å². The van der Waals surface area contributed by atoms with Crippen molar-refractivity contribution in [1.29, 1.82) is 0 Å². The topological polar surface area (TPSA) is 80.5 Å². The van der Waals surface area contributed by atoms with Crippen molar-refractivity contribution in [3.63, 3.8) is 0 Å². The second kappa shape index (κ2) is 7.69. The van der Waals surface area contributed by atoms with E-state index in [4.69, 9.17) is 4.74 Å². The molecule has 7 heteroatoms. The summed E-state index contributed by atoms with van der Waals surface area (Å²) in [6.07, 6.45) is 5.73. The summed E-state index contributed by atoms with van der Waals surface area (Å²) in [5.41, 5.74) is 2.66. The highest BCUT2D eigenvalue weighted by molar-refractivity contribution is 6.03. The predicted octanol–water partition coefficient (Wildman–Crippen LogP) is 3.49. The summed E-state index contributed by atoms with van der Waals surface area (Å²) in [6.45, 7) is 5.20. The quantitative estimate of drug-likeness (QED) is 0.524. The summed E-state index contributed by atoms with van der Waals surface area (Å²) in [5.74, 6) is 0.0197. The molecule has 2 aromatic heterocycles. The summed E-state index contributed by atoms with van der Waals surface area (Å²) in [7, 11) is 1.67. The van der Waals surface area contributed by atoms with Gasteiger partial charge in [0.05, 0.1) is 23.8 Å². The Labute approximate surface area is 186 Å². The van der Waals surface area contributed by atoms with Gasteiger partial charge in [0.15, 0.2) is 0 Å². The maximum absolute atomic E-state index is 12.9. The number of amides is 1. The fourth-order valence-corrected chi connectivity index (χ4v) is 4.18. The number of rotatable bonds is 5. The monoisotopic (exact) mass is 430 g/mol. The van der Waals surface area contributed by atoms with Gasteiger partial charge in [-0.1, -0.05) is 12.1 Å². The standard InChI is InChI=1S/C25H26N4O3/c1-25(2,31)15-29-12-19-8-16(6-7-23(19)27-29)22-11-26-10-18-5-4-17(9-21(18)22)24(30)28-13-20(14-28)32-3/h4-12,20,31H,13-15H2,1-3H3. The Kier molecular flexibility index (Phi) is 4.95. The molecule has 5 rings (SSSR count). The molecule has 32 heavy (non-hydrogen) atoms. The fourth-order valence-electron chi connectivity index (χ4n) is 4.18. The van der Waals surface area contributed by atoms with E-state index in [1.54, 1.807) is 30.5 Å². The maximum atomic E-state index is 12.9. The molecule has 0 atom stereocenters. The van der Waals surface area contributed by atoms with Crippen molar-refractivity contribution in [2.75, 3.05) is 20.2 Å². The molecule has 2 aromatic carbocycles. The lowest BCUT2D eigenvalue weighted by atomic mass is 9.97. The molecule has 0 aliphatic carbocycles. The molecular formula is C25H26N4O3. The first kappa shape index (κ1) is 20.6. The Morgan fingerprint density at radius 2 is 1.97 bits per heavy atom. The lowest BCUT2D eigenvalue weighted by Crippen LogP contribution is -2.54. The molecule has 1 saturated heterocycles. The van der Waals surface area contributed by atoms with Crippen molar-refractivity contribution < 1.29 is 14.6 Å². The van der Waals surface area contributed by atoms with Crippen LogP contribution in [0.4, 0.5) is 0 Å². The predicted molar refractivity (Wildman–Crippen MR) is 123 cm³/mol. The summed E-state index contributed by atoms with van der Waals surface area (Å²) in [5, 5.41) is 17.6. The van der Waals surface area contributed by atoms with Crippen molar-refractivity contribution >= 4 is 27.6 Å². The first-order valence-corrected chi connectivity index (χ1v) is 10.7. The molecule has 7 nitrogen and oxygen atoms in total. The number of pyridine rings is 1. The Morgan fingerprint density at radius 3 is 2.72 bits per heavy atom. The van der Waals surface area contributed by atoms with Crippen LogP contribution in [0.2, 0.25) is 0 Å². The van der Waals surface area contributed by atoms with Crippen LogP contribution in [0.1, 0.15) is 24.2 Å². The molecule has 0 spiro atoms. The number of benzene rings is 2. The van der Waals surface area contributed by atoms with Gasteiger partial charge in [-0.2, -0.15) is 5.10 Å². The van der Waals surface area contributed by atoms with Gasteiger partial charge >= 0.3 is 0 Å². The van der Waals surface area contributed by atoms with E-state index in [2.05, 4.69) is 16.1 Å². The zero-order valence-electron chi connectivity index (χ0n) is 18.4. The number of ether oxygens (including phenoxy) is 1. The lowest BCUT2D eigenvalue weighted by molar-refractivity contribution is -0.0191. The van der Waals surface area contributed by atoms with E-state index in [0.29, 0.717) is 25.2 Å². The minimum atomic E-state index is -0.840. The Balaban J connectivity index is 1.52. The molecule has 1 aliphatic rings. The van der Waals surface area contributed by atoms with E-state index in [-0.39, 0.29) is 12.0 Å². The first-order chi connectivity index (χ1) is 15.3. The Hall–Kier alpha value is -3.29. The van der Waals surface area contributed by atoms with E-state index < -0.39 is 5.60 Å². The van der Waals surface area contributed by atoms with Gasteiger partial charge in [0.2, 0.25) is 0 Å². The molecule has 164 valence electrons. The number of carbonyl (C=O) groups is 1. The number of aromatic nitrogens is 3. The largest absolute Gasteiger partial charge is 0.389 e. The van der Waals surface area contributed by atoms with Crippen molar-refractivity contribution in [2.45, 2.75) is 32.1 Å². The lowest BCUT2D eigenvalue weighted by Gasteiger charge is -2.38. The zero-order valence-corrected chi connectivity index (χ0v) is 18.4. The normalized spacial score (nSPS) is 14.8. The first-order valence-electron chi connectivity index (χ1n) is 10.7. The molecule has 1 N–H and O–H groups in total. The molecule has 0 radical (unpaired) electrons. The van der Waals surface area contributed by atoms with Crippen molar-refractivity contribution in [3.05, 3.63) is 60.6 Å². The van der Waals surface area contributed by atoms with Crippen LogP contribution in [0.15, 0.2) is 55.0 Å². The van der Waals surface area contributed by atoms with E-state index in [9.17, 15) is 9.90 Å². The van der Waals surface area contributed by atoms with Gasteiger partial charge < -0.3 is 14.7 Å². The highest BCUT2D eigenvalue weighted by Crippen LogP contribution is 2.31. The average Bonchev–Trinajstić information content (AvgIpc) is 3.11. The van der Waals surface area contributed by atoms with Crippen LogP contribution in [0.3, 0.4) is 0 Å². The number of aliphatic hydroxyl groups is 1. The minimum absolute atomic E-state index is 0.0197. The molecule has 1 fully saturated rings. The molecule has 1 amide bonds. The van der Waals surface area contributed by atoms with Crippen molar-refractivity contribution in [1.82, 2.24) is 19.7 Å². The number of methoxy groups -OCH3 is 1. The van der Waals surface area contributed by atoms with Gasteiger partial charge in [-0.25, -0.2) is 0 Å². The number of carbonyl (C=O) groups excluding carboxylic acids is 1. The Bertz CT molecular complexity index is 1320. The summed E-state index contributed by atoms with van der Waals surface area (Å²) >= 11 is 0. The van der Waals surface area contributed by atoms with Crippen LogP contribution >= 0.6 is 0 Å². The fraction of sp³-hybridized carbons (Fsp3) is 0.320. The summed E-state index contributed by atoms with van der Waals surface area (Å²) in [4.78, 5) is 19.1. The zero-order chi connectivity index (χ0) is 22.5. The van der Waals surface area contributed by atoms with Crippen LogP contribution in [0.5, 0.6) is 0 Å². The summed E-state index contributed by atoms with van der Waals surface area (Å²) in [6, 6.07) is 11.8. The van der Waals surface area contributed by atoms with E-state index in [1.807, 2.05) is 48.9 Å². The van der Waals surface area contributed by atoms with Gasteiger partial charge in [-0.3, -0.25) is 14.5 Å². The van der Waals surface area contributed by atoms with Crippen LogP contribution in [-0.4, -0.2) is 62.6 Å². The van der Waals surface area contributed by atoms with Gasteiger partial charge in [0, 0.05) is 60.7 Å². The average molecular weight is 431 g/mol. The van der Waals surface area contributed by atoms with E-state index in [0.717, 1.165) is 32.8 Å². The third-order valence-electron chi connectivity index (χ3n) is 5.89. The van der Waals surface area contributed by atoms with Gasteiger partial charge in [-0.05, 0) is 49.1 Å².